The van der Waals surface area contributed by atoms with Crippen LogP contribution in [0.15, 0.2) is 23.8 Å². The van der Waals surface area contributed by atoms with Crippen molar-refractivity contribution < 1.29 is 18.3 Å². The summed E-state index contributed by atoms with van der Waals surface area (Å²) in [6.07, 6.45) is 4.56. The van der Waals surface area contributed by atoms with Gasteiger partial charge in [-0.05, 0) is 6.08 Å². The normalized spacial score (nSPS) is 14.5. The van der Waals surface area contributed by atoms with E-state index in [-0.39, 0.29) is 23.0 Å². The molecule has 5 nitrogen and oxygen atoms in total. The molecular weight excluding hydrogens is 194 g/mol. The first-order valence-electron chi connectivity index (χ1n) is 3.18. The zero-order valence-electron chi connectivity index (χ0n) is 6.73. The number of allylic oxidation sites excluding steroid dienone is 3. The van der Waals surface area contributed by atoms with Gasteiger partial charge in [0.1, 0.15) is 0 Å². The van der Waals surface area contributed by atoms with E-state index in [4.69, 9.17) is 5.11 Å². The Balaban J connectivity index is 0.00000144. The summed E-state index contributed by atoms with van der Waals surface area (Å²) in [4.78, 5) is 10.4. The van der Waals surface area contributed by atoms with Crippen LogP contribution in [0, 0.1) is 0 Å². The van der Waals surface area contributed by atoms with Crippen LogP contribution in [0.5, 0.6) is 0 Å². The quantitative estimate of drug-likeness (QED) is 0.591. The van der Waals surface area contributed by atoms with Gasteiger partial charge in [-0.3, -0.25) is 0 Å². The van der Waals surface area contributed by atoms with Crippen molar-refractivity contribution in [1.82, 2.24) is 6.15 Å². The van der Waals surface area contributed by atoms with Crippen LogP contribution in [0.3, 0.4) is 0 Å². The maximum Gasteiger partial charge on any atom is 0.337 e. The van der Waals surface area contributed by atoms with Gasteiger partial charge < -0.3 is 11.3 Å². The number of carbonyl (C=O) groups is 1. The van der Waals surface area contributed by atoms with E-state index >= 15 is 0 Å². The van der Waals surface area contributed by atoms with E-state index in [1.807, 2.05) is 0 Å². The average Bonchev–Trinajstić information content (AvgIpc) is 2.04. The maximum atomic E-state index is 10.5. The Bertz CT molecular complexity index is 394. The first-order valence-corrected chi connectivity index (χ1v) is 4.26. The van der Waals surface area contributed by atoms with E-state index in [0.717, 1.165) is 0 Å². The van der Waals surface area contributed by atoms with Gasteiger partial charge in [-0.25, -0.2) is 4.79 Å². The predicted molar refractivity (Wildman–Crippen MR) is 48.4 cm³/mol. The van der Waals surface area contributed by atoms with Gasteiger partial charge in [0.05, 0.1) is 10.4 Å². The smallest absolute Gasteiger partial charge is 0.337 e. The number of rotatable bonds is 1. The van der Waals surface area contributed by atoms with Crippen LogP contribution in [-0.2, 0) is 15.1 Å². The summed E-state index contributed by atoms with van der Waals surface area (Å²) in [5.74, 6) is -1.21. The predicted octanol–water partition coefficient (Wildman–Crippen LogP) is 0.171. The topological polar surface area (TPSA) is 106 Å². The fraction of sp³-hybridized carbons (Fsp3) is 0.143. The molecule has 72 valence electrons. The molecule has 4 N–H and O–H groups in total. The van der Waals surface area contributed by atoms with E-state index < -0.39 is 16.3 Å². The van der Waals surface area contributed by atoms with E-state index in [1.165, 1.54) is 12.2 Å². The lowest BCUT2D eigenvalue weighted by Gasteiger charge is -2.03. The van der Waals surface area contributed by atoms with Crippen LogP contribution in [0.25, 0.3) is 0 Å². The Labute approximate surface area is 76.5 Å². The Morgan fingerprint density at radius 3 is 2.46 bits per heavy atom. The van der Waals surface area contributed by atoms with Crippen molar-refractivity contribution in [2.24, 2.45) is 0 Å². The fourth-order valence-electron chi connectivity index (χ4n) is 0.891. The van der Waals surface area contributed by atoms with Crippen molar-refractivity contribution in [3.63, 3.8) is 0 Å². The van der Waals surface area contributed by atoms with Gasteiger partial charge in [0.25, 0.3) is 0 Å². The summed E-state index contributed by atoms with van der Waals surface area (Å²) >= 11 is 0. The zero-order chi connectivity index (χ0) is 9.14. The van der Waals surface area contributed by atoms with Crippen molar-refractivity contribution in [1.29, 1.82) is 0 Å². The Morgan fingerprint density at radius 1 is 1.46 bits per heavy atom. The molecule has 0 aliphatic heterocycles. The highest BCUT2D eigenvalue weighted by Gasteiger charge is 2.16. The van der Waals surface area contributed by atoms with Crippen molar-refractivity contribution in [2.45, 2.75) is 6.42 Å². The third kappa shape index (κ3) is 2.53. The molecule has 0 amide bonds. The molecule has 0 saturated carbocycles. The second kappa shape index (κ2) is 4.58. The van der Waals surface area contributed by atoms with Gasteiger partial charge >= 0.3 is 5.97 Å². The van der Waals surface area contributed by atoms with Crippen LogP contribution in [0.1, 0.15) is 6.42 Å². The van der Waals surface area contributed by atoms with Gasteiger partial charge in [-0.15, -0.1) is 0 Å². The first kappa shape index (κ1) is 11.6. The fourth-order valence-corrected chi connectivity index (χ4v) is 1.46. The highest BCUT2D eigenvalue weighted by Crippen LogP contribution is 2.08. The van der Waals surface area contributed by atoms with Gasteiger partial charge in [-0.1, -0.05) is 12.2 Å². The molecule has 0 saturated heterocycles. The molecule has 13 heavy (non-hydrogen) atoms. The van der Waals surface area contributed by atoms with Crippen LogP contribution < -0.4 is 6.15 Å². The third-order valence-corrected chi connectivity index (χ3v) is 2.22. The average molecular weight is 203 g/mol. The molecule has 0 spiro atoms. The number of carboxylic acids is 1. The number of hydrogen-bond acceptors (Lipinski definition) is 4. The summed E-state index contributed by atoms with van der Waals surface area (Å²) in [7, 11) is -2.44. The van der Waals surface area contributed by atoms with Gasteiger partial charge in [0.15, 0.2) is 0 Å². The summed E-state index contributed by atoms with van der Waals surface area (Å²) in [6.45, 7) is 0. The lowest BCUT2D eigenvalue weighted by Crippen LogP contribution is -2.14. The molecule has 0 bridgehead atoms. The van der Waals surface area contributed by atoms with Gasteiger partial charge in [0.2, 0.25) is 10.3 Å². The molecule has 0 aromatic rings. The number of hydrogen-bond donors (Lipinski definition) is 2. The number of aliphatic carboxylic acids is 1. The van der Waals surface area contributed by atoms with Crippen LogP contribution in [0.2, 0.25) is 0 Å². The molecule has 1 rings (SSSR count). The molecule has 0 fully saturated rings. The van der Waals surface area contributed by atoms with E-state index in [1.54, 1.807) is 6.08 Å². The molecular formula is C7H9NO4S. The highest BCUT2D eigenvalue weighted by molar-refractivity contribution is 7.73. The largest absolute Gasteiger partial charge is 0.478 e. The molecule has 0 heterocycles. The summed E-state index contributed by atoms with van der Waals surface area (Å²) in [5.41, 5.74) is -0.147. The molecule has 0 radical (unpaired) electrons. The van der Waals surface area contributed by atoms with Crippen LogP contribution in [0.4, 0.5) is 0 Å². The molecule has 0 aromatic carbocycles. The molecule has 6 heteroatoms. The van der Waals surface area contributed by atoms with E-state index in [0.29, 0.717) is 0 Å². The second-order valence-electron chi connectivity index (χ2n) is 2.18. The van der Waals surface area contributed by atoms with E-state index in [9.17, 15) is 13.2 Å². The summed E-state index contributed by atoms with van der Waals surface area (Å²) < 4.78 is 21.0. The lowest BCUT2D eigenvalue weighted by atomic mass is 10.1. The molecule has 0 unspecified atom stereocenters. The molecule has 0 atom stereocenters. The van der Waals surface area contributed by atoms with Crippen LogP contribution in [-0.4, -0.2) is 24.4 Å². The second-order valence-corrected chi connectivity index (χ2v) is 3.14. The summed E-state index contributed by atoms with van der Waals surface area (Å²) in [5, 5.41) is 8.56. The number of carboxylic acid groups (broad SMARTS) is 1. The Morgan fingerprint density at radius 2 is 2.08 bits per heavy atom. The Hall–Kier alpha value is -1.40. The highest BCUT2D eigenvalue weighted by atomic mass is 32.2. The monoisotopic (exact) mass is 203 g/mol. The minimum absolute atomic E-state index is 0. The van der Waals surface area contributed by atoms with Crippen LogP contribution >= 0.6 is 0 Å². The third-order valence-electron chi connectivity index (χ3n) is 1.43. The molecule has 0 aromatic heterocycles. The first-order chi connectivity index (χ1) is 5.63. The zero-order valence-corrected chi connectivity index (χ0v) is 7.54. The summed E-state index contributed by atoms with van der Waals surface area (Å²) in [6, 6.07) is 0. The van der Waals surface area contributed by atoms with Gasteiger partial charge in [-0.2, -0.15) is 8.42 Å². The molecule has 1 aliphatic carbocycles. The van der Waals surface area contributed by atoms with Gasteiger partial charge in [0, 0.05) is 6.42 Å². The lowest BCUT2D eigenvalue weighted by molar-refractivity contribution is -0.132. The SMILES string of the molecule is N.O=C(O)C1=CC=CCC1=S(=O)=O. The van der Waals surface area contributed by atoms with Crippen molar-refractivity contribution >= 4 is 21.1 Å². The van der Waals surface area contributed by atoms with Crippen molar-refractivity contribution in [3.8, 4) is 0 Å². The Kier molecular flexibility index (Phi) is 4.09. The molecule has 1 aliphatic rings. The van der Waals surface area contributed by atoms with E-state index in [2.05, 4.69) is 0 Å². The standard InChI is InChI=1S/C7H6O4S.H3N/c8-7(9)5-3-1-2-4-6(5)12(10)11;/h1-3H,4H2,(H,8,9);1H3. The van der Waals surface area contributed by atoms with Crippen molar-refractivity contribution in [2.75, 3.05) is 0 Å². The minimum atomic E-state index is -2.44. The van der Waals surface area contributed by atoms with Crippen molar-refractivity contribution in [3.05, 3.63) is 23.8 Å². The maximum absolute atomic E-state index is 10.5. The minimum Gasteiger partial charge on any atom is -0.478 e.